The number of carbonyl (C=O) groups excluding carboxylic acids is 2. The number of aryl methyl sites for hydroxylation is 1. The van der Waals surface area contributed by atoms with Gasteiger partial charge >= 0.3 is 0 Å². The molecule has 0 saturated carbocycles. The molecule has 0 aliphatic carbocycles. The van der Waals surface area contributed by atoms with Gasteiger partial charge in [-0.2, -0.15) is 0 Å². The van der Waals surface area contributed by atoms with Gasteiger partial charge in [0.05, 0.1) is 6.42 Å². The van der Waals surface area contributed by atoms with Gasteiger partial charge in [0.2, 0.25) is 11.8 Å². The summed E-state index contributed by atoms with van der Waals surface area (Å²) in [6.45, 7) is 8.42. The number of hydrogen-bond donors (Lipinski definition) is 1. The fraction of sp³-hybridized carbons (Fsp3) is 0.417. The summed E-state index contributed by atoms with van der Waals surface area (Å²) >= 11 is 0. The molecule has 2 rings (SSSR count). The topological polar surface area (TPSA) is 49.4 Å². The minimum Gasteiger partial charge on any atom is -0.352 e. The van der Waals surface area contributed by atoms with E-state index in [0.717, 1.165) is 23.1 Å². The molecule has 0 unspecified atom stereocenters. The Balaban J connectivity index is 2.27. The lowest BCUT2D eigenvalue weighted by atomic mass is 10.0. The van der Waals surface area contributed by atoms with Crippen molar-refractivity contribution in [3.8, 4) is 0 Å². The first-order valence-corrected chi connectivity index (χ1v) is 10.1. The molecule has 0 saturated heterocycles. The lowest BCUT2D eigenvalue weighted by Crippen LogP contribution is -2.51. The van der Waals surface area contributed by atoms with Crippen LogP contribution in [0.15, 0.2) is 54.6 Å². The summed E-state index contributed by atoms with van der Waals surface area (Å²) in [6.07, 6.45) is 1.74. The van der Waals surface area contributed by atoms with Crippen LogP contribution in [0, 0.1) is 6.92 Å². The maximum absolute atomic E-state index is 13.3. The standard InChI is InChI=1S/C24H32N2O2/c1-5-19(4)25-24(28)22(6-2)26(17-20-13-8-7-9-14-20)23(27)16-21-15-11-10-12-18(21)3/h7-15,19,22H,5-6,16-17H2,1-4H3,(H,25,28)/t19-,22-/m0/s1. The van der Waals surface area contributed by atoms with Gasteiger partial charge in [0, 0.05) is 12.6 Å². The Bertz CT molecular complexity index is 773. The van der Waals surface area contributed by atoms with Crippen molar-refractivity contribution in [2.45, 2.75) is 65.6 Å². The van der Waals surface area contributed by atoms with Crippen LogP contribution >= 0.6 is 0 Å². The average molecular weight is 381 g/mol. The Kier molecular flexibility index (Phi) is 8.24. The Labute approximate surface area is 169 Å². The highest BCUT2D eigenvalue weighted by molar-refractivity contribution is 5.88. The molecule has 2 atom stereocenters. The van der Waals surface area contributed by atoms with E-state index < -0.39 is 6.04 Å². The maximum Gasteiger partial charge on any atom is 0.243 e. The lowest BCUT2D eigenvalue weighted by molar-refractivity contribution is -0.141. The van der Waals surface area contributed by atoms with Crippen molar-refractivity contribution in [1.82, 2.24) is 10.2 Å². The second-order valence-corrected chi connectivity index (χ2v) is 7.35. The van der Waals surface area contributed by atoms with Crippen LogP contribution in [0.3, 0.4) is 0 Å². The fourth-order valence-corrected chi connectivity index (χ4v) is 3.21. The van der Waals surface area contributed by atoms with Crippen LogP contribution in [0.25, 0.3) is 0 Å². The van der Waals surface area contributed by atoms with E-state index >= 15 is 0 Å². The molecule has 0 aliphatic heterocycles. The quantitative estimate of drug-likeness (QED) is 0.707. The summed E-state index contributed by atoms with van der Waals surface area (Å²) in [5.41, 5.74) is 3.12. The minimum absolute atomic E-state index is 0.0238. The van der Waals surface area contributed by atoms with Crippen LogP contribution in [-0.2, 0) is 22.6 Å². The number of amides is 2. The van der Waals surface area contributed by atoms with Crippen molar-refractivity contribution < 1.29 is 9.59 Å². The Morgan fingerprint density at radius 1 is 0.964 bits per heavy atom. The summed E-state index contributed by atoms with van der Waals surface area (Å²) in [5, 5.41) is 3.04. The first-order valence-electron chi connectivity index (χ1n) is 10.1. The van der Waals surface area contributed by atoms with E-state index in [-0.39, 0.29) is 17.9 Å². The Morgan fingerprint density at radius 2 is 1.61 bits per heavy atom. The van der Waals surface area contributed by atoms with Gasteiger partial charge < -0.3 is 10.2 Å². The normalized spacial score (nSPS) is 12.9. The van der Waals surface area contributed by atoms with E-state index in [0.29, 0.717) is 19.4 Å². The molecule has 2 aromatic rings. The van der Waals surface area contributed by atoms with E-state index in [2.05, 4.69) is 5.32 Å². The average Bonchev–Trinajstić information content (AvgIpc) is 2.70. The predicted octanol–water partition coefficient (Wildman–Crippen LogP) is 4.26. The van der Waals surface area contributed by atoms with Crippen LogP contribution in [-0.4, -0.2) is 28.8 Å². The minimum atomic E-state index is -0.481. The van der Waals surface area contributed by atoms with Gasteiger partial charge in [-0.3, -0.25) is 9.59 Å². The van der Waals surface area contributed by atoms with Crippen molar-refractivity contribution in [3.63, 3.8) is 0 Å². The molecule has 0 aromatic heterocycles. The number of nitrogens with one attached hydrogen (secondary N) is 1. The number of carbonyl (C=O) groups is 2. The zero-order valence-electron chi connectivity index (χ0n) is 17.4. The summed E-state index contributed by atoms with van der Waals surface area (Å²) < 4.78 is 0. The van der Waals surface area contributed by atoms with Crippen LogP contribution < -0.4 is 5.32 Å². The molecule has 0 spiro atoms. The molecule has 4 heteroatoms. The zero-order valence-corrected chi connectivity index (χ0v) is 17.4. The van der Waals surface area contributed by atoms with Gasteiger partial charge in [-0.25, -0.2) is 0 Å². The Morgan fingerprint density at radius 3 is 2.21 bits per heavy atom. The van der Waals surface area contributed by atoms with Crippen molar-refractivity contribution in [2.75, 3.05) is 0 Å². The van der Waals surface area contributed by atoms with E-state index in [9.17, 15) is 9.59 Å². The predicted molar refractivity (Wildman–Crippen MR) is 114 cm³/mol. The lowest BCUT2D eigenvalue weighted by Gasteiger charge is -2.31. The summed E-state index contributed by atoms with van der Waals surface area (Å²) in [7, 11) is 0. The third-order valence-corrected chi connectivity index (χ3v) is 5.19. The zero-order chi connectivity index (χ0) is 20.5. The van der Waals surface area contributed by atoms with Crippen LogP contribution in [0.2, 0.25) is 0 Å². The van der Waals surface area contributed by atoms with Gasteiger partial charge in [0.1, 0.15) is 6.04 Å². The molecule has 0 fully saturated rings. The fourth-order valence-electron chi connectivity index (χ4n) is 3.21. The van der Waals surface area contributed by atoms with Gasteiger partial charge in [0.25, 0.3) is 0 Å². The van der Waals surface area contributed by atoms with Crippen molar-refractivity contribution >= 4 is 11.8 Å². The second-order valence-electron chi connectivity index (χ2n) is 7.35. The van der Waals surface area contributed by atoms with Crippen LogP contribution in [0.1, 0.15) is 50.3 Å². The molecule has 2 amide bonds. The number of hydrogen-bond acceptors (Lipinski definition) is 2. The number of nitrogens with zero attached hydrogens (tertiary/aromatic N) is 1. The maximum atomic E-state index is 13.3. The SMILES string of the molecule is CC[C@H](C)NC(=O)[C@H](CC)N(Cc1ccccc1)C(=O)Cc1ccccc1C. The van der Waals surface area contributed by atoms with Gasteiger partial charge in [-0.05, 0) is 43.4 Å². The Hall–Kier alpha value is -2.62. The second kappa shape index (κ2) is 10.6. The third kappa shape index (κ3) is 5.95. The van der Waals surface area contributed by atoms with E-state index in [4.69, 9.17) is 0 Å². The monoisotopic (exact) mass is 380 g/mol. The summed E-state index contributed by atoms with van der Waals surface area (Å²) in [5.74, 6) is -0.102. The first-order chi connectivity index (χ1) is 13.5. The summed E-state index contributed by atoms with van der Waals surface area (Å²) in [6, 6.07) is 17.4. The van der Waals surface area contributed by atoms with Crippen molar-refractivity contribution in [2.24, 2.45) is 0 Å². The summed E-state index contributed by atoms with van der Waals surface area (Å²) in [4.78, 5) is 27.9. The molecule has 0 heterocycles. The van der Waals surface area contributed by atoms with E-state index in [1.54, 1.807) is 4.90 Å². The van der Waals surface area contributed by atoms with Gasteiger partial charge in [-0.1, -0.05) is 68.4 Å². The number of benzene rings is 2. The van der Waals surface area contributed by atoms with Crippen LogP contribution in [0.5, 0.6) is 0 Å². The largest absolute Gasteiger partial charge is 0.352 e. The highest BCUT2D eigenvalue weighted by atomic mass is 16.2. The van der Waals surface area contributed by atoms with E-state index in [1.165, 1.54) is 0 Å². The van der Waals surface area contributed by atoms with Crippen molar-refractivity contribution in [1.29, 1.82) is 0 Å². The van der Waals surface area contributed by atoms with Gasteiger partial charge in [-0.15, -0.1) is 0 Å². The molecular weight excluding hydrogens is 348 g/mol. The third-order valence-electron chi connectivity index (χ3n) is 5.19. The first kappa shape index (κ1) is 21.7. The highest BCUT2D eigenvalue weighted by Gasteiger charge is 2.29. The molecule has 4 nitrogen and oxygen atoms in total. The molecular formula is C24H32N2O2. The van der Waals surface area contributed by atoms with Crippen molar-refractivity contribution in [3.05, 3.63) is 71.3 Å². The number of rotatable bonds is 9. The molecule has 28 heavy (non-hydrogen) atoms. The molecule has 0 bridgehead atoms. The van der Waals surface area contributed by atoms with Gasteiger partial charge in [0.15, 0.2) is 0 Å². The molecule has 0 radical (unpaired) electrons. The van der Waals surface area contributed by atoms with E-state index in [1.807, 2.05) is 82.3 Å². The molecule has 2 aromatic carbocycles. The molecule has 1 N–H and O–H groups in total. The molecule has 150 valence electrons. The molecule has 0 aliphatic rings. The van der Waals surface area contributed by atoms with Crippen LogP contribution in [0.4, 0.5) is 0 Å². The highest BCUT2D eigenvalue weighted by Crippen LogP contribution is 2.16. The smallest absolute Gasteiger partial charge is 0.243 e.